The molecule has 0 aliphatic carbocycles. The van der Waals surface area contributed by atoms with Crippen molar-refractivity contribution in [2.75, 3.05) is 29.8 Å². The van der Waals surface area contributed by atoms with Gasteiger partial charge in [0.25, 0.3) is 0 Å². The second-order valence-corrected chi connectivity index (χ2v) is 18.0. The Balaban J connectivity index is 1.84. The van der Waals surface area contributed by atoms with Crippen molar-refractivity contribution in [3.8, 4) is 5.75 Å². The van der Waals surface area contributed by atoms with Gasteiger partial charge in [0.15, 0.2) is 8.32 Å². The van der Waals surface area contributed by atoms with Gasteiger partial charge < -0.3 is 20.2 Å². The molecule has 0 saturated heterocycles. The van der Waals surface area contributed by atoms with Gasteiger partial charge in [0.05, 0.1) is 18.0 Å². The molecule has 0 amide bonds. The predicted octanol–water partition coefficient (Wildman–Crippen LogP) is 6.11. The molecule has 7 nitrogen and oxygen atoms in total. The number of rotatable bonds is 13. The summed E-state index contributed by atoms with van der Waals surface area (Å²) in [5.41, 5.74) is 10.1. The van der Waals surface area contributed by atoms with E-state index >= 15 is 0 Å². The maximum absolute atomic E-state index is 12.2. The number of sulfonamides is 1. The fourth-order valence-electron chi connectivity index (χ4n) is 3.80. The number of benzene rings is 3. The predicted molar refractivity (Wildman–Crippen MR) is 164 cm³/mol. The van der Waals surface area contributed by atoms with Gasteiger partial charge >= 0.3 is 0 Å². The van der Waals surface area contributed by atoms with Crippen molar-refractivity contribution in [1.82, 2.24) is 5.32 Å². The van der Waals surface area contributed by atoms with Gasteiger partial charge in [-0.15, -0.1) is 0 Å². The highest BCUT2D eigenvalue weighted by Gasteiger charge is 2.39. The molecule has 0 heterocycles. The third-order valence-corrected chi connectivity index (χ3v) is 12.1. The van der Waals surface area contributed by atoms with Crippen LogP contribution in [-0.4, -0.2) is 36.1 Å². The Morgan fingerprint density at radius 2 is 1.62 bits per heavy atom. The summed E-state index contributed by atoms with van der Waals surface area (Å²) in [6, 6.07) is 23.3. The Kier molecular flexibility index (Phi) is 10.2. The van der Waals surface area contributed by atoms with E-state index in [0.29, 0.717) is 24.6 Å². The van der Waals surface area contributed by atoms with Crippen LogP contribution in [0.1, 0.15) is 43.6 Å². The van der Waals surface area contributed by atoms with Crippen LogP contribution in [0.3, 0.4) is 0 Å². The summed E-state index contributed by atoms with van der Waals surface area (Å²) in [7, 11) is -5.67. The van der Waals surface area contributed by atoms with Gasteiger partial charge in [0.2, 0.25) is 10.0 Å². The minimum atomic E-state index is -3.52. The normalized spacial score (nSPS) is 13.2. The molecule has 9 heteroatoms. The number of hydrogen-bond acceptors (Lipinski definition) is 6. The fourth-order valence-corrected chi connectivity index (χ4v) is 5.64. The average Bonchev–Trinajstić information content (AvgIpc) is 2.85. The zero-order valence-electron chi connectivity index (χ0n) is 24.0. The van der Waals surface area contributed by atoms with Crippen LogP contribution in [-0.2, 0) is 27.5 Å². The Morgan fingerprint density at radius 3 is 2.23 bits per heavy atom. The van der Waals surface area contributed by atoms with Crippen molar-refractivity contribution in [1.29, 1.82) is 0 Å². The maximum atomic E-state index is 12.2. The zero-order valence-corrected chi connectivity index (χ0v) is 25.8. The summed E-state index contributed by atoms with van der Waals surface area (Å²) in [5.74, 6) is 0.468. The van der Waals surface area contributed by atoms with Gasteiger partial charge in [-0.25, -0.2) is 8.42 Å². The number of nitrogens with two attached hydrogens (primary N) is 1. The molecule has 212 valence electrons. The first-order valence-electron chi connectivity index (χ1n) is 13.2. The molecule has 0 unspecified atom stereocenters. The van der Waals surface area contributed by atoms with Crippen LogP contribution < -0.4 is 20.5 Å². The lowest BCUT2D eigenvalue weighted by atomic mass is 10.1. The second-order valence-electron chi connectivity index (χ2n) is 11.5. The highest BCUT2D eigenvalue weighted by Crippen LogP contribution is 2.40. The smallest absolute Gasteiger partial charge is 0.229 e. The fraction of sp³-hybridized carbons (Fsp3) is 0.400. The first-order valence-corrected chi connectivity index (χ1v) is 18.0. The van der Waals surface area contributed by atoms with E-state index in [1.807, 2.05) is 72.8 Å². The molecule has 0 aromatic heterocycles. The van der Waals surface area contributed by atoms with Gasteiger partial charge in [-0.05, 0) is 72.1 Å². The molecule has 0 spiro atoms. The van der Waals surface area contributed by atoms with Crippen LogP contribution in [0.4, 0.5) is 11.4 Å². The molecular weight excluding hydrogens is 527 g/mol. The lowest BCUT2D eigenvalue weighted by Crippen LogP contribution is -2.43. The van der Waals surface area contributed by atoms with Crippen molar-refractivity contribution >= 4 is 29.7 Å². The number of nitrogen functional groups attached to an aromatic ring is 1. The van der Waals surface area contributed by atoms with E-state index < -0.39 is 18.3 Å². The van der Waals surface area contributed by atoms with Crippen molar-refractivity contribution in [3.05, 3.63) is 89.5 Å². The van der Waals surface area contributed by atoms with Crippen molar-refractivity contribution in [3.63, 3.8) is 0 Å². The topological polar surface area (TPSA) is 103 Å². The van der Waals surface area contributed by atoms with E-state index in [4.69, 9.17) is 14.9 Å². The molecule has 0 saturated carbocycles. The Bertz CT molecular complexity index is 1310. The summed E-state index contributed by atoms with van der Waals surface area (Å²) in [6.07, 6.45) is 1.74. The minimum absolute atomic E-state index is 0.0157. The second kappa shape index (κ2) is 13.0. The minimum Gasteiger partial charge on any atom is -0.487 e. The van der Waals surface area contributed by atoms with Gasteiger partial charge in [-0.3, -0.25) is 4.72 Å². The molecule has 0 radical (unpaired) electrons. The van der Waals surface area contributed by atoms with Gasteiger partial charge in [-0.2, -0.15) is 0 Å². The maximum Gasteiger partial charge on any atom is 0.229 e. The average molecular weight is 570 g/mol. The quantitative estimate of drug-likeness (QED) is 0.130. The Morgan fingerprint density at radius 1 is 0.949 bits per heavy atom. The van der Waals surface area contributed by atoms with Crippen LogP contribution in [0.15, 0.2) is 72.8 Å². The van der Waals surface area contributed by atoms with E-state index in [1.54, 1.807) is 0 Å². The van der Waals surface area contributed by atoms with Crippen LogP contribution in [0, 0.1) is 0 Å². The summed E-state index contributed by atoms with van der Waals surface area (Å²) in [4.78, 5) is 0. The molecule has 0 fully saturated rings. The highest BCUT2D eigenvalue weighted by atomic mass is 32.2. The number of hydrogen-bond donors (Lipinski definition) is 3. The summed E-state index contributed by atoms with van der Waals surface area (Å²) >= 11 is 0. The van der Waals surface area contributed by atoms with E-state index in [9.17, 15) is 8.42 Å². The van der Waals surface area contributed by atoms with E-state index in [1.165, 1.54) is 5.56 Å². The van der Waals surface area contributed by atoms with Crippen LogP contribution in [0.2, 0.25) is 18.1 Å². The molecule has 39 heavy (non-hydrogen) atoms. The molecule has 3 rings (SSSR count). The van der Waals surface area contributed by atoms with Gasteiger partial charge in [-0.1, -0.05) is 69.3 Å². The molecule has 0 bridgehead atoms. The lowest BCUT2D eigenvalue weighted by Gasteiger charge is -2.39. The van der Waals surface area contributed by atoms with Crippen molar-refractivity contribution in [2.24, 2.45) is 0 Å². The molecule has 4 N–H and O–H groups in total. The molecule has 3 aromatic rings. The monoisotopic (exact) mass is 569 g/mol. The largest absolute Gasteiger partial charge is 0.487 e. The van der Waals surface area contributed by atoms with Gasteiger partial charge in [0, 0.05) is 12.2 Å². The van der Waals surface area contributed by atoms with Crippen LogP contribution in [0.25, 0.3) is 0 Å². The molecular formula is C30H43N3O4SSi. The van der Waals surface area contributed by atoms with Crippen molar-refractivity contribution in [2.45, 2.75) is 58.0 Å². The summed E-state index contributed by atoms with van der Waals surface area (Å²) in [5, 5.41) is 3.56. The number of ether oxygens (including phenoxy) is 1. The van der Waals surface area contributed by atoms with E-state index in [0.717, 1.165) is 36.0 Å². The first-order chi connectivity index (χ1) is 18.2. The van der Waals surface area contributed by atoms with Crippen LogP contribution in [0.5, 0.6) is 5.75 Å². The van der Waals surface area contributed by atoms with E-state index in [-0.39, 0.29) is 11.1 Å². The number of anilines is 2. The highest BCUT2D eigenvalue weighted by molar-refractivity contribution is 7.92. The molecule has 0 aliphatic heterocycles. The zero-order chi connectivity index (χ0) is 28.7. The summed E-state index contributed by atoms with van der Waals surface area (Å²) < 4.78 is 40.0. The third-order valence-electron chi connectivity index (χ3n) is 7.05. The third kappa shape index (κ3) is 9.68. The Labute approximate surface area is 235 Å². The van der Waals surface area contributed by atoms with Gasteiger partial charge in [0.1, 0.15) is 12.4 Å². The summed E-state index contributed by atoms with van der Waals surface area (Å²) in [6.45, 7) is 12.8. The molecule has 0 aliphatic rings. The number of nitrogens with one attached hydrogen (secondary N) is 2. The van der Waals surface area contributed by atoms with Crippen LogP contribution >= 0.6 is 0 Å². The molecule has 3 aromatic carbocycles. The first kappa shape index (κ1) is 30.7. The molecule has 1 atom stereocenters. The Hall–Kier alpha value is -2.85. The van der Waals surface area contributed by atoms with E-state index in [2.05, 4.69) is 43.9 Å². The van der Waals surface area contributed by atoms with Crippen molar-refractivity contribution < 1.29 is 17.6 Å². The standard InChI is InChI=1S/C30H43N3O4SSi/c1-30(2,3)39(5,6)37-29(21-32-19-18-23-12-15-26(31)16-13-23)25-14-17-28(27(20-25)33-38(4,34)35)36-22-24-10-8-7-9-11-24/h7-17,20,29,32-33H,18-19,21-22,31H2,1-6H3/t29-/m1/s1. The SMILES string of the molecule is CC(C)(C)[Si](C)(C)O[C@H](CNCCc1ccc(N)cc1)c1ccc(OCc2ccccc2)c(NS(C)(=O)=O)c1. The lowest BCUT2D eigenvalue weighted by molar-refractivity contribution is 0.180.